The van der Waals surface area contributed by atoms with Crippen molar-refractivity contribution in [3.05, 3.63) is 75.7 Å². The molecule has 0 aliphatic carbocycles. The van der Waals surface area contributed by atoms with Crippen LogP contribution in [0.25, 0.3) is 0 Å². The lowest BCUT2D eigenvalue weighted by atomic mass is 10.00. The highest BCUT2D eigenvalue weighted by Gasteiger charge is 2.34. The zero-order valence-corrected chi connectivity index (χ0v) is 22.3. The Morgan fingerprint density at radius 2 is 1.95 bits per heavy atom. The van der Waals surface area contributed by atoms with Gasteiger partial charge in [0.2, 0.25) is 12.7 Å². The molecule has 2 unspecified atom stereocenters. The molecule has 2 amide bonds. The molecule has 3 heterocycles. The highest BCUT2D eigenvalue weighted by atomic mass is 32.1. The first kappa shape index (κ1) is 26.0. The van der Waals surface area contributed by atoms with Crippen LogP contribution in [0.5, 0.6) is 17.2 Å². The van der Waals surface area contributed by atoms with Gasteiger partial charge in [-0.1, -0.05) is 20.3 Å². The molecule has 200 valence electrons. The molecule has 1 aromatic heterocycles. The SMILES string of the molecule is CCC(C)CN(CC(=O)N1CCc2sccc2C1COc1ccc(F)cc1)C(=O)c1ccc2c(c1)OCO2. The summed E-state index contributed by atoms with van der Waals surface area (Å²) >= 11 is 1.67. The Labute approximate surface area is 225 Å². The van der Waals surface area contributed by atoms with Gasteiger partial charge in [-0.05, 0) is 71.8 Å². The monoisotopic (exact) mass is 538 g/mol. The average Bonchev–Trinajstić information content (AvgIpc) is 3.60. The third-order valence-electron chi connectivity index (χ3n) is 7.10. The largest absolute Gasteiger partial charge is 0.491 e. The molecule has 2 aliphatic rings. The number of benzene rings is 2. The minimum absolute atomic E-state index is 0.0376. The van der Waals surface area contributed by atoms with Crippen LogP contribution in [-0.2, 0) is 11.2 Å². The minimum atomic E-state index is -0.333. The summed E-state index contributed by atoms with van der Waals surface area (Å²) in [5.41, 5.74) is 1.52. The van der Waals surface area contributed by atoms with E-state index in [9.17, 15) is 14.0 Å². The van der Waals surface area contributed by atoms with Crippen molar-refractivity contribution in [2.24, 2.45) is 5.92 Å². The number of ether oxygens (including phenoxy) is 3. The van der Waals surface area contributed by atoms with Gasteiger partial charge in [0.15, 0.2) is 11.5 Å². The Kier molecular flexibility index (Phi) is 7.83. The molecule has 0 fully saturated rings. The van der Waals surface area contributed by atoms with Gasteiger partial charge in [0.1, 0.15) is 24.7 Å². The number of hydrogen-bond acceptors (Lipinski definition) is 6. The van der Waals surface area contributed by atoms with Gasteiger partial charge >= 0.3 is 0 Å². The molecule has 2 aromatic carbocycles. The summed E-state index contributed by atoms with van der Waals surface area (Å²) in [4.78, 5) is 32.1. The fourth-order valence-corrected chi connectivity index (χ4v) is 5.70. The summed E-state index contributed by atoms with van der Waals surface area (Å²) in [7, 11) is 0. The van der Waals surface area contributed by atoms with Crippen molar-refractivity contribution in [3.8, 4) is 17.2 Å². The zero-order chi connectivity index (χ0) is 26.6. The van der Waals surface area contributed by atoms with Gasteiger partial charge in [-0.3, -0.25) is 9.59 Å². The van der Waals surface area contributed by atoms with E-state index in [4.69, 9.17) is 14.2 Å². The second kappa shape index (κ2) is 11.4. The minimum Gasteiger partial charge on any atom is -0.491 e. The normalized spacial score (nSPS) is 16.6. The van der Waals surface area contributed by atoms with Crippen molar-refractivity contribution in [2.75, 3.05) is 33.0 Å². The Bertz CT molecular complexity index is 1290. The van der Waals surface area contributed by atoms with E-state index in [2.05, 4.69) is 13.8 Å². The first-order valence-electron chi connectivity index (χ1n) is 12.9. The number of hydrogen-bond donors (Lipinski definition) is 0. The van der Waals surface area contributed by atoms with E-state index in [0.717, 1.165) is 18.4 Å². The highest BCUT2D eigenvalue weighted by Crippen LogP contribution is 2.35. The molecule has 0 saturated heterocycles. The molecule has 2 aliphatic heterocycles. The summed E-state index contributed by atoms with van der Waals surface area (Å²) in [6, 6.07) is 12.7. The molecule has 38 heavy (non-hydrogen) atoms. The number of carbonyl (C=O) groups is 2. The van der Waals surface area contributed by atoms with Crippen molar-refractivity contribution in [3.63, 3.8) is 0 Å². The number of carbonyl (C=O) groups excluding carboxylic acids is 2. The summed E-state index contributed by atoms with van der Waals surface area (Å²) in [6.45, 7) is 5.47. The van der Waals surface area contributed by atoms with Gasteiger partial charge in [-0.15, -0.1) is 11.3 Å². The van der Waals surface area contributed by atoms with E-state index >= 15 is 0 Å². The first-order valence-corrected chi connectivity index (χ1v) is 13.7. The predicted octanol–water partition coefficient (Wildman–Crippen LogP) is 5.31. The Balaban J connectivity index is 1.35. The second-order valence-corrected chi connectivity index (χ2v) is 10.7. The third kappa shape index (κ3) is 5.62. The summed E-state index contributed by atoms with van der Waals surface area (Å²) in [5.74, 6) is 1.22. The maximum absolute atomic E-state index is 13.8. The van der Waals surface area contributed by atoms with E-state index < -0.39 is 0 Å². The number of thiophene rings is 1. The van der Waals surface area contributed by atoms with Gasteiger partial charge in [0.05, 0.1) is 6.04 Å². The molecular weight excluding hydrogens is 507 g/mol. The van der Waals surface area contributed by atoms with Crippen LogP contribution in [0.2, 0.25) is 0 Å². The lowest BCUT2D eigenvalue weighted by Crippen LogP contribution is -2.48. The third-order valence-corrected chi connectivity index (χ3v) is 8.10. The lowest BCUT2D eigenvalue weighted by Gasteiger charge is -2.37. The van der Waals surface area contributed by atoms with Crippen LogP contribution in [-0.4, -0.2) is 54.6 Å². The topological polar surface area (TPSA) is 68.3 Å². The van der Waals surface area contributed by atoms with Crippen molar-refractivity contribution in [2.45, 2.75) is 32.7 Å². The maximum atomic E-state index is 13.8. The molecule has 3 aromatic rings. The van der Waals surface area contributed by atoms with Crippen molar-refractivity contribution in [1.82, 2.24) is 9.80 Å². The van der Waals surface area contributed by atoms with Crippen LogP contribution < -0.4 is 14.2 Å². The molecule has 0 bridgehead atoms. The molecule has 7 nitrogen and oxygen atoms in total. The van der Waals surface area contributed by atoms with Crippen molar-refractivity contribution >= 4 is 23.2 Å². The van der Waals surface area contributed by atoms with Crippen LogP contribution in [0.3, 0.4) is 0 Å². The van der Waals surface area contributed by atoms with Gasteiger partial charge in [0, 0.05) is 23.5 Å². The Hall–Kier alpha value is -3.59. The molecule has 0 radical (unpaired) electrons. The first-order chi connectivity index (χ1) is 18.4. The van der Waals surface area contributed by atoms with Crippen molar-refractivity contribution < 1.29 is 28.2 Å². The number of fused-ring (bicyclic) bond motifs is 2. The van der Waals surface area contributed by atoms with Crippen LogP contribution in [0, 0.1) is 11.7 Å². The maximum Gasteiger partial charge on any atom is 0.254 e. The summed E-state index contributed by atoms with van der Waals surface area (Å²) in [5, 5.41) is 2.03. The van der Waals surface area contributed by atoms with Crippen molar-refractivity contribution in [1.29, 1.82) is 0 Å². The van der Waals surface area contributed by atoms with E-state index in [1.165, 1.54) is 17.0 Å². The fourth-order valence-electron chi connectivity index (χ4n) is 4.77. The lowest BCUT2D eigenvalue weighted by molar-refractivity contribution is -0.135. The standard InChI is InChI=1S/C29H31FN2O5S/c1-3-19(2)15-31(29(34)20-4-9-25-26(14-20)37-18-36-25)16-28(33)32-12-10-27-23(11-13-38-27)24(32)17-35-22-7-5-21(30)6-8-22/h4-9,11,13-14,19,24H,3,10,12,15-18H2,1-2H3. The molecule has 0 saturated carbocycles. The smallest absolute Gasteiger partial charge is 0.254 e. The second-order valence-electron chi connectivity index (χ2n) is 9.68. The Morgan fingerprint density at radius 1 is 1.16 bits per heavy atom. The van der Waals surface area contributed by atoms with Gasteiger partial charge < -0.3 is 24.0 Å². The van der Waals surface area contributed by atoms with E-state index in [-0.39, 0.29) is 49.5 Å². The number of rotatable bonds is 9. The Morgan fingerprint density at radius 3 is 2.74 bits per heavy atom. The van der Waals surface area contributed by atoms with Crippen LogP contribution in [0.4, 0.5) is 4.39 Å². The molecule has 0 spiro atoms. The molecule has 5 rings (SSSR count). The molecule has 2 atom stereocenters. The summed E-state index contributed by atoms with van der Waals surface area (Å²) in [6.07, 6.45) is 1.64. The van der Waals surface area contributed by atoms with Crippen LogP contribution in [0.1, 0.15) is 47.1 Å². The summed E-state index contributed by atoms with van der Waals surface area (Å²) < 4.78 is 30.2. The quantitative estimate of drug-likeness (QED) is 0.370. The van der Waals surface area contributed by atoms with E-state index in [1.807, 2.05) is 16.3 Å². The van der Waals surface area contributed by atoms with E-state index in [1.54, 1.807) is 46.6 Å². The van der Waals surface area contributed by atoms with Gasteiger partial charge in [-0.2, -0.15) is 0 Å². The number of nitrogens with zero attached hydrogens (tertiary/aromatic N) is 2. The number of halogens is 1. The molecular formula is C29H31FN2O5S. The predicted molar refractivity (Wildman–Crippen MR) is 142 cm³/mol. The highest BCUT2D eigenvalue weighted by molar-refractivity contribution is 7.10. The average molecular weight is 539 g/mol. The number of amides is 2. The van der Waals surface area contributed by atoms with Gasteiger partial charge in [-0.25, -0.2) is 4.39 Å². The molecule has 0 N–H and O–H groups in total. The zero-order valence-electron chi connectivity index (χ0n) is 21.5. The van der Waals surface area contributed by atoms with E-state index in [0.29, 0.717) is 35.9 Å². The van der Waals surface area contributed by atoms with Gasteiger partial charge in [0.25, 0.3) is 5.91 Å². The van der Waals surface area contributed by atoms with Crippen LogP contribution in [0.15, 0.2) is 53.9 Å². The fraction of sp³-hybridized carbons (Fsp3) is 0.379. The van der Waals surface area contributed by atoms with Crippen LogP contribution >= 0.6 is 11.3 Å². The molecule has 9 heteroatoms.